The van der Waals surface area contributed by atoms with Crippen molar-refractivity contribution in [1.82, 2.24) is 0 Å². The van der Waals surface area contributed by atoms with Crippen molar-refractivity contribution in [2.45, 2.75) is 34.6 Å². The number of hydrogen-bond acceptors (Lipinski definition) is 0. The van der Waals surface area contributed by atoms with Gasteiger partial charge >= 0.3 is 0 Å². The molecule has 0 heteroatoms. The van der Waals surface area contributed by atoms with Crippen molar-refractivity contribution >= 4 is 0 Å². The Morgan fingerprint density at radius 2 is 1.44 bits per heavy atom. The molecule has 0 aromatic rings. The Bertz CT molecular complexity index is 53.1. The average molecular weight is 128 g/mol. The maximum Gasteiger partial charge on any atom is -0.0242 e. The van der Waals surface area contributed by atoms with Gasteiger partial charge in [0.25, 0.3) is 0 Å². The highest BCUT2D eigenvalue weighted by Gasteiger charge is 1.98. The molecule has 56 valence electrons. The van der Waals surface area contributed by atoms with E-state index in [1.54, 1.807) is 0 Å². The first-order chi connectivity index (χ1) is 4.18. The molecule has 1 unspecified atom stereocenters. The standard InChI is InChI=1S/C7H14.C2H6/c1-5-7(4)6(2)3;1-2/h5-7H,1H2,2-4H3;1-2H3. The fourth-order valence-corrected chi connectivity index (χ4v) is 0.272. The molecule has 9 heavy (non-hydrogen) atoms. The summed E-state index contributed by atoms with van der Waals surface area (Å²) in [4.78, 5) is 0. The largest absolute Gasteiger partial charge is 0.103 e. The van der Waals surface area contributed by atoms with Crippen LogP contribution in [-0.2, 0) is 0 Å². The molecule has 0 aliphatic heterocycles. The fraction of sp³-hybridized carbons (Fsp3) is 0.778. The number of hydrogen-bond donors (Lipinski definition) is 0. The Morgan fingerprint density at radius 3 is 1.44 bits per heavy atom. The monoisotopic (exact) mass is 128 g/mol. The highest BCUT2D eigenvalue weighted by Crippen LogP contribution is 2.08. The summed E-state index contributed by atoms with van der Waals surface area (Å²) in [5, 5.41) is 0. The smallest absolute Gasteiger partial charge is 0.0242 e. The maximum atomic E-state index is 3.68. The minimum Gasteiger partial charge on any atom is -0.103 e. The van der Waals surface area contributed by atoms with Gasteiger partial charge in [0, 0.05) is 0 Å². The van der Waals surface area contributed by atoms with Crippen LogP contribution in [0.3, 0.4) is 0 Å². The molecule has 0 nitrogen and oxygen atoms in total. The van der Waals surface area contributed by atoms with Crippen molar-refractivity contribution in [3.63, 3.8) is 0 Å². The van der Waals surface area contributed by atoms with Gasteiger partial charge in [0.05, 0.1) is 0 Å². The Labute approximate surface area is 60.0 Å². The van der Waals surface area contributed by atoms with Crippen LogP contribution in [0, 0.1) is 11.8 Å². The minimum atomic E-state index is 0.667. The first-order valence-electron chi connectivity index (χ1n) is 3.81. The van der Waals surface area contributed by atoms with Crippen molar-refractivity contribution in [3.05, 3.63) is 12.7 Å². The summed E-state index contributed by atoms with van der Waals surface area (Å²) in [6, 6.07) is 0. The minimum absolute atomic E-state index is 0.667. The van der Waals surface area contributed by atoms with E-state index in [-0.39, 0.29) is 0 Å². The van der Waals surface area contributed by atoms with E-state index in [1.807, 2.05) is 19.9 Å². The highest BCUT2D eigenvalue weighted by molar-refractivity contribution is 4.76. The zero-order valence-electron chi connectivity index (χ0n) is 7.44. The molecule has 0 N–H and O–H groups in total. The van der Waals surface area contributed by atoms with E-state index in [0.717, 1.165) is 5.92 Å². The van der Waals surface area contributed by atoms with Crippen LogP contribution in [0.1, 0.15) is 34.6 Å². The Hall–Kier alpha value is -0.260. The summed E-state index contributed by atoms with van der Waals surface area (Å²) in [5.74, 6) is 1.41. The highest BCUT2D eigenvalue weighted by atomic mass is 14.0. The van der Waals surface area contributed by atoms with Crippen LogP contribution in [0.4, 0.5) is 0 Å². The van der Waals surface area contributed by atoms with Gasteiger partial charge < -0.3 is 0 Å². The quantitative estimate of drug-likeness (QED) is 0.499. The zero-order valence-corrected chi connectivity index (χ0v) is 7.44. The van der Waals surface area contributed by atoms with Crippen LogP contribution in [0.5, 0.6) is 0 Å². The molecular weight excluding hydrogens is 108 g/mol. The lowest BCUT2D eigenvalue weighted by Crippen LogP contribution is -1.97. The molecule has 0 aromatic carbocycles. The van der Waals surface area contributed by atoms with Gasteiger partial charge in [-0.2, -0.15) is 0 Å². The second-order valence-electron chi connectivity index (χ2n) is 2.34. The molecule has 0 heterocycles. The Balaban J connectivity index is 0. The summed E-state index contributed by atoms with van der Waals surface area (Å²) in [7, 11) is 0. The summed E-state index contributed by atoms with van der Waals surface area (Å²) in [6.45, 7) is 14.3. The van der Waals surface area contributed by atoms with E-state index >= 15 is 0 Å². The summed E-state index contributed by atoms with van der Waals surface area (Å²) in [5.41, 5.74) is 0. The van der Waals surface area contributed by atoms with E-state index in [1.165, 1.54) is 0 Å². The molecule has 0 aromatic heterocycles. The second kappa shape index (κ2) is 7.74. The van der Waals surface area contributed by atoms with Gasteiger partial charge in [-0.3, -0.25) is 0 Å². The average Bonchev–Trinajstić information content (AvgIpc) is 1.91. The van der Waals surface area contributed by atoms with Gasteiger partial charge in [-0.25, -0.2) is 0 Å². The molecule has 0 radical (unpaired) electrons. The van der Waals surface area contributed by atoms with Crippen molar-refractivity contribution in [2.75, 3.05) is 0 Å². The third-order valence-electron chi connectivity index (χ3n) is 1.42. The molecule has 0 spiro atoms. The van der Waals surface area contributed by atoms with Crippen molar-refractivity contribution in [3.8, 4) is 0 Å². The predicted molar refractivity (Wildman–Crippen MR) is 45.5 cm³/mol. The van der Waals surface area contributed by atoms with E-state index in [4.69, 9.17) is 0 Å². The first kappa shape index (κ1) is 11.5. The van der Waals surface area contributed by atoms with Crippen LogP contribution in [0.25, 0.3) is 0 Å². The van der Waals surface area contributed by atoms with E-state index in [2.05, 4.69) is 27.4 Å². The fourth-order valence-electron chi connectivity index (χ4n) is 0.272. The Morgan fingerprint density at radius 1 is 1.11 bits per heavy atom. The summed E-state index contributed by atoms with van der Waals surface area (Å²) < 4.78 is 0. The molecule has 0 rings (SSSR count). The second-order valence-corrected chi connectivity index (χ2v) is 2.34. The van der Waals surface area contributed by atoms with Crippen molar-refractivity contribution in [2.24, 2.45) is 11.8 Å². The van der Waals surface area contributed by atoms with Gasteiger partial charge in [0.2, 0.25) is 0 Å². The molecule has 0 amide bonds. The van der Waals surface area contributed by atoms with Gasteiger partial charge in [-0.1, -0.05) is 40.7 Å². The number of rotatable bonds is 2. The molecular formula is C9H20. The molecule has 0 bridgehead atoms. The molecule has 0 saturated heterocycles. The van der Waals surface area contributed by atoms with Crippen LogP contribution in [0.15, 0.2) is 12.7 Å². The molecule has 0 aliphatic rings. The lowest BCUT2D eigenvalue weighted by atomic mass is 9.99. The van der Waals surface area contributed by atoms with Gasteiger partial charge in [-0.05, 0) is 11.8 Å². The van der Waals surface area contributed by atoms with Gasteiger partial charge in [0.15, 0.2) is 0 Å². The third-order valence-corrected chi connectivity index (χ3v) is 1.42. The Kier molecular flexibility index (Phi) is 9.91. The lowest BCUT2D eigenvalue weighted by Gasteiger charge is -2.07. The molecule has 1 atom stereocenters. The van der Waals surface area contributed by atoms with E-state index < -0.39 is 0 Å². The molecule has 0 aliphatic carbocycles. The number of allylic oxidation sites excluding steroid dienone is 1. The normalized spacial score (nSPS) is 11.8. The van der Waals surface area contributed by atoms with Crippen LogP contribution in [0.2, 0.25) is 0 Å². The van der Waals surface area contributed by atoms with E-state index in [9.17, 15) is 0 Å². The van der Waals surface area contributed by atoms with Crippen LogP contribution in [-0.4, -0.2) is 0 Å². The summed E-state index contributed by atoms with van der Waals surface area (Å²) >= 11 is 0. The predicted octanol–water partition coefficient (Wildman–Crippen LogP) is 3.49. The van der Waals surface area contributed by atoms with E-state index in [0.29, 0.717) is 5.92 Å². The SMILES string of the molecule is C=CC(C)C(C)C.CC. The first-order valence-corrected chi connectivity index (χ1v) is 3.81. The lowest BCUT2D eigenvalue weighted by molar-refractivity contribution is 0.505. The maximum absolute atomic E-state index is 3.68. The molecule has 0 saturated carbocycles. The summed E-state index contributed by atoms with van der Waals surface area (Å²) in [6.07, 6.45) is 1.99. The molecule has 0 fully saturated rings. The van der Waals surface area contributed by atoms with Crippen molar-refractivity contribution in [1.29, 1.82) is 0 Å². The van der Waals surface area contributed by atoms with Gasteiger partial charge in [0.1, 0.15) is 0 Å². The zero-order chi connectivity index (χ0) is 7.86. The van der Waals surface area contributed by atoms with Crippen molar-refractivity contribution < 1.29 is 0 Å². The van der Waals surface area contributed by atoms with Crippen LogP contribution < -0.4 is 0 Å². The third kappa shape index (κ3) is 7.74. The van der Waals surface area contributed by atoms with Gasteiger partial charge in [-0.15, -0.1) is 6.58 Å². The van der Waals surface area contributed by atoms with Crippen LogP contribution >= 0.6 is 0 Å². The topological polar surface area (TPSA) is 0 Å².